The van der Waals surface area contributed by atoms with Crippen LogP contribution in [0.4, 0.5) is 0 Å². The number of aromatic nitrogens is 1. The molecular formula is C21H22N2O5S. The fourth-order valence-corrected chi connectivity index (χ4v) is 4.24. The Balaban J connectivity index is 1.69. The lowest BCUT2D eigenvalue weighted by Gasteiger charge is -2.23. The average Bonchev–Trinajstić information content (AvgIpc) is 3.10. The van der Waals surface area contributed by atoms with E-state index in [4.69, 9.17) is 18.9 Å². The number of hydrogen-bond donors (Lipinski definition) is 0. The van der Waals surface area contributed by atoms with E-state index in [9.17, 15) is 4.79 Å². The molecule has 0 saturated carbocycles. The van der Waals surface area contributed by atoms with Crippen molar-refractivity contribution >= 4 is 27.5 Å². The first-order valence-electron chi connectivity index (χ1n) is 9.42. The number of amides is 1. The molecule has 0 fully saturated rings. The van der Waals surface area contributed by atoms with Gasteiger partial charge in [0.2, 0.25) is 6.10 Å². The number of fused-ring (bicyclic) bond motifs is 2. The molecule has 1 aliphatic heterocycles. The topological polar surface area (TPSA) is 71.3 Å². The van der Waals surface area contributed by atoms with E-state index in [0.29, 0.717) is 36.1 Å². The zero-order valence-electron chi connectivity index (χ0n) is 16.3. The third-order valence-corrected chi connectivity index (χ3v) is 5.58. The summed E-state index contributed by atoms with van der Waals surface area (Å²) in [7, 11) is 1.63. The van der Waals surface area contributed by atoms with Crippen molar-refractivity contribution in [2.45, 2.75) is 19.6 Å². The van der Waals surface area contributed by atoms with E-state index in [1.807, 2.05) is 47.9 Å². The van der Waals surface area contributed by atoms with E-state index >= 15 is 0 Å². The van der Waals surface area contributed by atoms with Crippen LogP contribution in [0.1, 0.15) is 6.92 Å². The number of carbonyl (C=O) groups excluding carboxylic acids is 1. The summed E-state index contributed by atoms with van der Waals surface area (Å²) in [5.74, 6) is 1.54. The Kier molecular flexibility index (Phi) is 5.82. The van der Waals surface area contributed by atoms with E-state index in [1.165, 1.54) is 11.3 Å². The highest BCUT2D eigenvalue weighted by molar-refractivity contribution is 7.16. The van der Waals surface area contributed by atoms with Gasteiger partial charge >= 0.3 is 0 Å². The summed E-state index contributed by atoms with van der Waals surface area (Å²) in [6, 6.07) is 13.1. The van der Waals surface area contributed by atoms with Gasteiger partial charge in [0.25, 0.3) is 5.91 Å². The number of nitrogens with zero attached hydrogens (tertiary/aromatic N) is 2. The molecule has 29 heavy (non-hydrogen) atoms. The minimum absolute atomic E-state index is 0.131. The molecule has 1 aromatic heterocycles. The second-order valence-corrected chi connectivity index (χ2v) is 7.36. The zero-order valence-corrected chi connectivity index (χ0v) is 17.1. The van der Waals surface area contributed by atoms with Crippen molar-refractivity contribution < 1.29 is 23.7 Å². The van der Waals surface area contributed by atoms with Gasteiger partial charge in [0, 0.05) is 13.2 Å². The van der Waals surface area contributed by atoms with Crippen molar-refractivity contribution in [2.24, 2.45) is 4.99 Å². The molecule has 0 N–H and O–H groups in total. The third kappa shape index (κ3) is 3.99. The molecule has 1 amide bonds. The van der Waals surface area contributed by atoms with Crippen LogP contribution in [0.15, 0.2) is 47.5 Å². The van der Waals surface area contributed by atoms with Gasteiger partial charge in [-0.15, -0.1) is 0 Å². The lowest BCUT2D eigenvalue weighted by molar-refractivity contribution is -0.127. The summed E-state index contributed by atoms with van der Waals surface area (Å²) in [6.45, 7) is 3.78. The third-order valence-electron chi connectivity index (χ3n) is 4.54. The maximum Gasteiger partial charge on any atom is 0.292 e. The highest BCUT2D eigenvalue weighted by Gasteiger charge is 2.27. The van der Waals surface area contributed by atoms with Crippen LogP contribution in [0.5, 0.6) is 17.2 Å². The summed E-state index contributed by atoms with van der Waals surface area (Å²) >= 11 is 1.43. The number of rotatable bonds is 6. The first kappa shape index (κ1) is 19.5. The number of ether oxygens (including phenoxy) is 4. The molecule has 3 aromatic rings. The average molecular weight is 414 g/mol. The van der Waals surface area contributed by atoms with Crippen LogP contribution in [0, 0.1) is 0 Å². The number of para-hydroxylation sites is 3. The number of thiazole rings is 1. The summed E-state index contributed by atoms with van der Waals surface area (Å²) in [5, 5.41) is 0. The van der Waals surface area contributed by atoms with Gasteiger partial charge in [-0.25, -0.2) is 0 Å². The Morgan fingerprint density at radius 1 is 1.24 bits per heavy atom. The standard InChI is InChI=1S/C21H22N2O5S/c1-3-26-12-11-23-19-16(25-2)9-6-10-18(19)29-21(23)22-20(24)17-13-27-14-7-4-5-8-15(14)28-17/h4-10,17H,3,11-13H2,1-2H3/t17-/m1/s1. The first-order chi connectivity index (χ1) is 14.2. The molecule has 7 nitrogen and oxygen atoms in total. The summed E-state index contributed by atoms with van der Waals surface area (Å²) in [4.78, 5) is 17.8. The van der Waals surface area contributed by atoms with Crippen molar-refractivity contribution in [1.29, 1.82) is 0 Å². The van der Waals surface area contributed by atoms with E-state index in [2.05, 4.69) is 4.99 Å². The molecule has 2 heterocycles. The number of hydrogen-bond acceptors (Lipinski definition) is 6. The van der Waals surface area contributed by atoms with Gasteiger partial charge in [-0.2, -0.15) is 4.99 Å². The second kappa shape index (κ2) is 8.67. The van der Waals surface area contributed by atoms with Gasteiger partial charge in [-0.3, -0.25) is 4.79 Å². The molecule has 0 aliphatic carbocycles. The molecular weight excluding hydrogens is 392 g/mol. The monoisotopic (exact) mass is 414 g/mol. The molecule has 0 bridgehead atoms. The number of methoxy groups -OCH3 is 1. The van der Waals surface area contributed by atoms with Gasteiger partial charge in [-0.1, -0.05) is 29.5 Å². The van der Waals surface area contributed by atoms with Gasteiger partial charge in [-0.05, 0) is 31.2 Å². The molecule has 1 aliphatic rings. The Morgan fingerprint density at radius 2 is 2.07 bits per heavy atom. The zero-order chi connectivity index (χ0) is 20.2. The predicted octanol–water partition coefficient (Wildman–Crippen LogP) is 3.02. The Morgan fingerprint density at radius 3 is 2.86 bits per heavy atom. The Hall–Kier alpha value is -2.84. The van der Waals surface area contributed by atoms with Crippen LogP contribution in [0.3, 0.4) is 0 Å². The van der Waals surface area contributed by atoms with Crippen LogP contribution in [-0.4, -0.2) is 43.5 Å². The summed E-state index contributed by atoms with van der Waals surface area (Å²) in [5.41, 5.74) is 0.900. The van der Waals surface area contributed by atoms with Crippen molar-refractivity contribution in [2.75, 3.05) is 26.9 Å². The molecule has 0 spiro atoms. The predicted molar refractivity (Wildman–Crippen MR) is 110 cm³/mol. The van der Waals surface area contributed by atoms with Crippen LogP contribution in [-0.2, 0) is 16.1 Å². The second-order valence-electron chi connectivity index (χ2n) is 6.35. The van der Waals surface area contributed by atoms with Gasteiger partial charge in [0.1, 0.15) is 17.9 Å². The highest BCUT2D eigenvalue weighted by atomic mass is 32.1. The smallest absolute Gasteiger partial charge is 0.292 e. The van der Waals surface area contributed by atoms with Gasteiger partial charge in [0.15, 0.2) is 16.3 Å². The number of carbonyl (C=O) groups is 1. The van der Waals surface area contributed by atoms with Crippen molar-refractivity contribution in [3.8, 4) is 17.2 Å². The van der Waals surface area contributed by atoms with Crippen LogP contribution in [0.25, 0.3) is 10.2 Å². The van der Waals surface area contributed by atoms with Crippen molar-refractivity contribution in [3.63, 3.8) is 0 Å². The molecule has 0 radical (unpaired) electrons. The first-order valence-corrected chi connectivity index (χ1v) is 10.2. The van der Waals surface area contributed by atoms with E-state index in [0.717, 1.165) is 16.0 Å². The fraction of sp³-hybridized carbons (Fsp3) is 0.333. The minimum Gasteiger partial charge on any atom is -0.495 e. The largest absolute Gasteiger partial charge is 0.495 e. The van der Waals surface area contributed by atoms with E-state index in [1.54, 1.807) is 13.2 Å². The molecule has 0 saturated heterocycles. The highest BCUT2D eigenvalue weighted by Crippen LogP contribution is 2.31. The Bertz CT molecular complexity index is 1090. The minimum atomic E-state index is -0.780. The maximum absolute atomic E-state index is 12.8. The quantitative estimate of drug-likeness (QED) is 0.580. The molecule has 8 heteroatoms. The van der Waals surface area contributed by atoms with Crippen molar-refractivity contribution in [3.05, 3.63) is 47.3 Å². The normalized spacial score (nSPS) is 16.2. The lowest BCUT2D eigenvalue weighted by atomic mass is 10.2. The van der Waals surface area contributed by atoms with Crippen molar-refractivity contribution in [1.82, 2.24) is 4.57 Å². The Labute approximate surface area is 172 Å². The van der Waals surface area contributed by atoms with Crippen LogP contribution >= 0.6 is 11.3 Å². The molecule has 152 valence electrons. The summed E-state index contributed by atoms with van der Waals surface area (Å²) < 4.78 is 25.4. The number of benzene rings is 2. The SMILES string of the molecule is CCOCCn1c(=NC(=O)[C@H]2COc3ccccc3O2)sc2cccc(OC)c21. The lowest BCUT2D eigenvalue weighted by Crippen LogP contribution is -2.37. The molecule has 2 aromatic carbocycles. The fourth-order valence-electron chi connectivity index (χ4n) is 3.16. The van der Waals surface area contributed by atoms with Gasteiger partial charge < -0.3 is 23.5 Å². The maximum atomic E-state index is 12.8. The van der Waals surface area contributed by atoms with E-state index < -0.39 is 6.10 Å². The van der Waals surface area contributed by atoms with E-state index in [-0.39, 0.29) is 12.5 Å². The molecule has 0 unspecified atom stereocenters. The molecule has 1 atom stereocenters. The van der Waals surface area contributed by atoms with Gasteiger partial charge in [0.05, 0.1) is 18.4 Å². The van der Waals surface area contributed by atoms with Crippen LogP contribution < -0.4 is 19.0 Å². The summed E-state index contributed by atoms with van der Waals surface area (Å²) in [6.07, 6.45) is -0.780. The van der Waals surface area contributed by atoms with Crippen LogP contribution in [0.2, 0.25) is 0 Å². The molecule has 4 rings (SSSR count).